The average molecular weight is 236 g/mol. The average Bonchev–Trinajstić information content (AvgIpc) is 2.14. The first kappa shape index (κ1) is 16.5. The van der Waals surface area contributed by atoms with Gasteiger partial charge in [0, 0.05) is 6.92 Å². The molecular weight excluding hydrogens is 211 g/mol. The summed E-state index contributed by atoms with van der Waals surface area (Å²) in [4.78, 5) is 9.00. The van der Waals surface area contributed by atoms with Gasteiger partial charge in [-0.1, -0.05) is 0 Å². The van der Waals surface area contributed by atoms with Gasteiger partial charge in [-0.05, 0) is 0 Å². The third-order valence-corrected chi connectivity index (χ3v) is 4.94. The van der Waals surface area contributed by atoms with Crippen LogP contribution in [0.4, 0.5) is 0 Å². The molecule has 1 N–H and O–H groups in total. The van der Waals surface area contributed by atoms with E-state index in [-0.39, 0.29) is 0 Å². The van der Waals surface area contributed by atoms with Crippen LogP contribution in [0.2, 0.25) is 2.66 Å². The van der Waals surface area contributed by atoms with Crippen LogP contribution in [0.25, 0.3) is 0 Å². The van der Waals surface area contributed by atoms with Gasteiger partial charge in [0.2, 0.25) is 0 Å². The second-order valence-electron chi connectivity index (χ2n) is 5.35. The van der Waals surface area contributed by atoms with Crippen molar-refractivity contribution < 1.29 is 9.90 Å². The normalized spacial score (nSPS) is 17.0. The van der Waals surface area contributed by atoms with E-state index in [2.05, 4.69) is 6.92 Å². The van der Waals surface area contributed by atoms with Crippen molar-refractivity contribution in [1.82, 2.24) is 0 Å². The van der Waals surface area contributed by atoms with Crippen LogP contribution in [0.1, 0.15) is 71.6 Å². The van der Waals surface area contributed by atoms with Crippen LogP contribution < -0.4 is 0 Å². The van der Waals surface area contributed by atoms with E-state index >= 15 is 0 Å². The van der Waals surface area contributed by atoms with Crippen molar-refractivity contribution in [3.05, 3.63) is 0 Å². The quantitative estimate of drug-likeness (QED) is 0.560. The predicted octanol–water partition coefficient (Wildman–Crippen LogP) is 3.95. The van der Waals surface area contributed by atoms with Crippen LogP contribution in [0.15, 0.2) is 0 Å². The van der Waals surface area contributed by atoms with Crippen LogP contribution in [0.3, 0.4) is 0 Å². The summed E-state index contributed by atoms with van der Waals surface area (Å²) in [6, 6.07) is 0. The molecular formula is C13H25NaO2. The second kappa shape index (κ2) is 9.49. The number of rotatable bonds is 6. The van der Waals surface area contributed by atoms with E-state index in [9.17, 15) is 0 Å². The summed E-state index contributed by atoms with van der Waals surface area (Å²) in [5.41, 5.74) is 0. The molecule has 0 atom stereocenters. The monoisotopic (exact) mass is 236 g/mol. The van der Waals surface area contributed by atoms with E-state index in [1.165, 1.54) is 66.5 Å². The van der Waals surface area contributed by atoms with Gasteiger partial charge in [0.1, 0.15) is 0 Å². The van der Waals surface area contributed by atoms with E-state index in [4.69, 9.17) is 9.90 Å². The molecule has 3 heteroatoms. The van der Waals surface area contributed by atoms with Gasteiger partial charge in [-0.15, -0.1) is 0 Å². The number of hydrogen-bond acceptors (Lipinski definition) is 1. The Morgan fingerprint density at radius 2 is 1.75 bits per heavy atom. The summed E-state index contributed by atoms with van der Waals surface area (Å²) in [6.45, 7) is 3.38. The molecule has 90 valence electrons. The number of hydrogen-bond donors (Lipinski definition) is 1. The Balaban J connectivity index is 0.000000487. The van der Waals surface area contributed by atoms with Gasteiger partial charge in [-0.25, -0.2) is 0 Å². The summed E-state index contributed by atoms with van der Waals surface area (Å²) in [5, 5.41) is 7.42. The fraction of sp³-hybridized carbons (Fsp3) is 0.923. The molecule has 16 heavy (non-hydrogen) atoms. The maximum atomic E-state index is 9.00. The molecule has 0 radical (unpaired) electrons. The molecule has 0 aromatic carbocycles. The summed E-state index contributed by atoms with van der Waals surface area (Å²) in [7, 11) is 0. The minimum absolute atomic E-state index is 0.833. The van der Waals surface area contributed by atoms with E-state index in [1.807, 2.05) is 0 Å². The summed E-state index contributed by atoms with van der Waals surface area (Å²) in [6.07, 6.45) is 13.5. The van der Waals surface area contributed by atoms with Crippen molar-refractivity contribution in [3.8, 4) is 0 Å². The molecule has 1 rings (SSSR count). The molecule has 0 unspecified atom stereocenters. The molecule has 1 fully saturated rings. The van der Waals surface area contributed by atoms with E-state index < -0.39 is 5.97 Å². The molecule has 0 amide bonds. The van der Waals surface area contributed by atoms with E-state index in [0.717, 1.165) is 9.59 Å². The van der Waals surface area contributed by atoms with Gasteiger partial charge < -0.3 is 5.11 Å². The predicted molar refractivity (Wildman–Crippen MR) is 69.0 cm³/mol. The molecule has 1 aliphatic rings. The first-order valence-corrected chi connectivity index (χ1v) is 7.70. The molecule has 0 aromatic rings. The van der Waals surface area contributed by atoms with Crippen LogP contribution >= 0.6 is 0 Å². The van der Waals surface area contributed by atoms with Gasteiger partial charge >= 0.3 is 95.3 Å². The van der Waals surface area contributed by atoms with Gasteiger partial charge in [0.15, 0.2) is 0 Å². The maximum absolute atomic E-state index is 9.00. The first-order chi connectivity index (χ1) is 7.50. The van der Waals surface area contributed by atoms with E-state index in [1.54, 1.807) is 19.3 Å². The third-order valence-electron chi connectivity index (χ3n) is 3.44. The summed E-state index contributed by atoms with van der Waals surface area (Å²) in [5.74, 6) is -0.833. The van der Waals surface area contributed by atoms with Crippen molar-refractivity contribution in [2.75, 3.05) is 0 Å². The third kappa shape index (κ3) is 9.68. The molecule has 1 saturated carbocycles. The fourth-order valence-corrected chi connectivity index (χ4v) is 3.25. The van der Waals surface area contributed by atoms with Crippen LogP contribution in [-0.2, 0) is 4.79 Å². The SMILES string of the molecule is CC(=O)O.CCCCCCC[C]1([Na])CCC1. The standard InChI is InChI=1S/C11H21.C2H4O2.Na/c1-2-3-4-5-6-8-11-9-7-10-11;1-2(3)4;/h2-10H2,1H3;1H3,(H,3,4);. The molecule has 0 spiro atoms. The summed E-state index contributed by atoms with van der Waals surface area (Å²) < 4.78 is 0.909. The zero-order chi connectivity index (χ0) is 12.4. The molecule has 0 saturated heterocycles. The van der Waals surface area contributed by atoms with Gasteiger partial charge in [0.05, 0.1) is 0 Å². The first-order valence-electron chi connectivity index (χ1n) is 6.70. The van der Waals surface area contributed by atoms with Crippen molar-refractivity contribution in [2.24, 2.45) is 0 Å². The topological polar surface area (TPSA) is 37.3 Å². The van der Waals surface area contributed by atoms with Gasteiger partial charge in [0.25, 0.3) is 5.97 Å². The number of carboxylic acids is 1. The Bertz CT molecular complexity index is 184. The van der Waals surface area contributed by atoms with Crippen LogP contribution in [0.5, 0.6) is 0 Å². The van der Waals surface area contributed by atoms with Gasteiger partial charge in [-0.3, -0.25) is 4.79 Å². The number of carbonyl (C=O) groups is 1. The summed E-state index contributed by atoms with van der Waals surface area (Å²) >= 11 is 1.45. The molecule has 0 aromatic heterocycles. The number of carboxylic acid groups (broad SMARTS) is 1. The Morgan fingerprint density at radius 3 is 2.12 bits per heavy atom. The minimum atomic E-state index is -0.833. The van der Waals surface area contributed by atoms with Gasteiger partial charge in [-0.2, -0.15) is 0 Å². The number of aliphatic carboxylic acids is 1. The van der Waals surface area contributed by atoms with Crippen molar-refractivity contribution >= 4 is 33.9 Å². The molecule has 0 heterocycles. The molecule has 1 aliphatic carbocycles. The van der Waals surface area contributed by atoms with Crippen molar-refractivity contribution in [1.29, 1.82) is 0 Å². The Kier molecular flexibility index (Phi) is 9.77. The number of unbranched alkanes of at least 4 members (excludes halogenated alkanes) is 4. The second-order valence-corrected chi connectivity index (χ2v) is 7.47. The zero-order valence-electron chi connectivity index (χ0n) is 11.2. The molecule has 2 nitrogen and oxygen atoms in total. The fourth-order valence-electron chi connectivity index (χ4n) is 2.19. The van der Waals surface area contributed by atoms with Crippen LogP contribution in [-0.4, -0.2) is 39.0 Å². The molecule has 0 aliphatic heterocycles. The van der Waals surface area contributed by atoms with Crippen molar-refractivity contribution in [3.63, 3.8) is 0 Å². The zero-order valence-corrected chi connectivity index (χ0v) is 13.2. The van der Waals surface area contributed by atoms with Crippen molar-refractivity contribution in [2.45, 2.75) is 74.3 Å². The van der Waals surface area contributed by atoms with Crippen LogP contribution in [0, 0.1) is 0 Å². The van der Waals surface area contributed by atoms with E-state index in [0.29, 0.717) is 0 Å². The molecule has 0 bridgehead atoms. The Labute approximate surface area is 118 Å². The Morgan fingerprint density at radius 1 is 1.25 bits per heavy atom. The Hall–Kier alpha value is 0.470.